The Balaban J connectivity index is 2.06. The Bertz CT molecular complexity index is 619. The first-order chi connectivity index (χ1) is 10.1. The zero-order chi connectivity index (χ0) is 15.2. The predicted octanol–water partition coefficient (Wildman–Crippen LogP) is 5.21. The maximum Gasteiger partial charge on any atom is 0.132 e. The van der Waals surface area contributed by atoms with Gasteiger partial charge < -0.3 is 10.1 Å². The Morgan fingerprint density at radius 3 is 2.81 bits per heavy atom. The number of rotatable bonds is 6. The highest BCUT2D eigenvalue weighted by Gasteiger charge is 2.06. The van der Waals surface area contributed by atoms with Crippen molar-refractivity contribution in [1.82, 2.24) is 4.98 Å². The third-order valence-electron chi connectivity index (χ3n) is 2.98. The standard InChI is InChI=1S/C16H18BrClN2O/c1-3-8-19-16-7-6-14(18)15(20-16)10-21-12-4-5-13(17)11(2)9-12/h4-7,9H,3,8,10H2,1-2H3,(H,19,20). The van der Waals surface area contributed by atoms with E-state index in [1.54, 1.807) is 0 Å². The van der Waals surface area contributed by atoms with Crippen LogP contribution in [0.4, 0.5) is 5.82 Å². The molecule has 5 heteroatoms. The molecule has 0 atom stereocenters. The maximum absolute atomic E-state index is 6.18. The lowest BCUT2D eigenvalue weighted by atomic mass is 10.2. The molecule has 0 aliphatic carbocycles. The van der Waals surface area contributed by atoms with E-state index in [4.69, 9.17) is 16.3 Å². The fourth-order valence-corrected chi connectivity index (χ4v) is 2.20. The van der Waals surface area contributed by atoms with E-state index >= 15 is 0 Å². The van der Waals surface area contributed by atoms with E-state index in [1.165, 1.54) is 0 Å². The van der Waals surface area contributed by atoms with Gasteiger partial charge in [0.05, 0.1) is 10.7 Å². The van der Waals surface area contributed by atoms with Gasteiger partial charge in [-0.3, -0.25) is 0 Å². The van der Waals surface area contributed by atoms with E-state index in [9.17, 15) is 0 Å². The molecule has 1 aromatic carbocycles. The van der Waals surface area contributed by atoms with Gasteiger partial charge in [0.15, 0.2) is 0 Å². The monoisotopic (exact) mass is 368 g/mol. The Kier molecular flexibility index (Phi) is 5.88. The minimum absolute atomic E-state index is 0.349. The van der Waals surface area contributed by atoms with Crippen LogP contribution >= 0.6 is 27.5 Å². The van der Waals surface area contributed by atoms with E-state index in [1.807, 2.05) is 37.3 Å². The number of hydrogen-bond acceptors (Lipinski definition) is 3. The van der Waals surface area contributed by atoms with E-state index in [0.717, 1.165) is 40.3 Å². The molecule has 1 aromatic heterocycles. The lowest BCUT2D eigenvalue weighted by molar-refractivity contribution is 0.301. The number of ether oxygens (including phenoxy) is 1. The van der Waals surface area contributed by atoms with Crippen LogP contribution in [0.3, 0.4) is 0 Å². The van der Waals surface area contributed by atoms with Crippen molar-refractivity contribution in [1.29, 1.82) is 0 Å². The van der Waals surface area contributed by atoms with Crippen LogP contribution < -0.4 is 10.1 Å². The van der Waals surface area contributed by atoms with Crippen molar-refractivity contribution in [3.63, 3.8) is 0 Å². The molecule has 0 unspecified atom stereocenters. The van der Waals surface area contributed by atoms with Crippen LogP contribution in [0.1, 0.15) is 24.6 Å². The first-order valence-corrected chi connectivity index (χ1v) is 8.05. The van der Waals surface area contributed by atoms with Gasteiger partial charge in [-0.05, 0) is 49.2 Å². The van der Waals surface area contributed by atoms with Gasteiger partial charge in [-0.1, -0.05) is 34.5 Å². The third-order valence-corrected chi connectivity index (χ3v) is 4.21. The number of nitrogens with zero attached hydrogens (tertiary/aromatic N) is 1. The van der Waals surface area contributed by atoms with Gasteiger partial charge >= 0.3 is 0 Å². The van der Waals surface area contributed by atoms with Gasteiger partial charge in [0.2, 0.25) is 0 Å². The van der Waals surface area contributed by atoms with Crippen LogP contribution in [-0.4, -0.2) is 11.5 Å². The van der Waals surface area contributed by atoms with Crippen molar-refractivity contribution in [2.75, 3.05) is 11.9 Å². The number of anilines is 1. The summed E-state index contributed by atoms with van der Waals surface area (Å²) in [5, 5.41) is 3.86. The molecule has 21 heavy (non-hydrogen) atoms. The summed E-state index contributed by atoms with van der Waals surface area (Å²) >= 11 is 9.65. The summed E-state index contributed by atoms with van der Waals surface area (Å²) in [5.41, 5.74) is 1.86. The first-order valence-electron chi connectivity index (χ1n) is 6.88. The second-order valence-electron chi connectivity index (χ2n) is 4.75. The molecule has 0 fully saturated rings. The maximum atomic E-state index is 6.18. The van der Waals surface area contributed by atoms with Crippen molar-refractivity contribution in [3.8, 4) is 5.75 Å². The predicted molar refractivity (Wildman–Crippen MR) is 91.2 cm³/mol. The molecule has 0 spiro atoms. The average molecular weight is 370 g/mol. The molecule has 0 aliphatic rings. The van der Waals surface area contributed by atoms with Gasteiger partial charge in [0.25, 0.3) is 0 Å². The second-order valence-corrected chi connectivity index (χ2v) is 6.01. The van der Waals surface area contributed by atoms with Crippen molar-refractivity contribution >= 4 is 33.3 Å². The number of benzene rings is 1. The first kappa shape index (κ1) is 16.1. The summed E-state index contributed by atoms with van der Waals surface area (Å²) in [5.74, 6) is 1.63. The van der Waals surface area contributed by atoms with Gasteiger partial charge in [-0.25, -0.2) is 4.98 Å². The van der Waals surface area contributed by atoms with Crippen LogP contribution in [0.5, 0.6) is 5.75 Å². The molecule has 1 N–H and O–H groups in total. The summed E-state index contributed by atoms with van der Waals surface area (Å²) < 4.78 is 6.84. The molecule has 2 rings (SSSR count). The van der Waals surface area contributed by atoms with Crippen LogP contribution in [0.2, 0.25) is 5.02 Å². The smallest absolute Gasteiger partial charge is 0.132 e. The SMILES string of the molecule is CCCNc1ccc(Cl)c(COc2ccc(Br)c(C)c2)n1. The highest BCUT2D eigenvalue weighted by molar-refractivity contribution is 9.10. The minimum atomic E-state index is 0.349. The molecule has 0 radical (unpaired) electrons. The van der Waals surface area contributed by atoms with Crippen molar-refractivity contribution in [2.24, 2.45) is 0 Å². The average Bonchev–Trinajstić information content (AvgIpc) is 2.48. The van der Waals surface area contributed by atoms with E-state index in [0.29, 0.717) is 11.6 Å². The quantitative estimate of drug-likeness (QED) is 0.759. The summed E-state index contributed by atoms with van der Waals surface area (Å²) in [6.45, 7) is 5.38. The van der Waals surface area contributed by atoms with Crippen LogP contribution in [0.15, 0.2) is 34.8 Å². The van der Waals surface area contributed by atoms with Crippen molar-refractivity contribution < 1.29 is 4.74 Å². The van der Waals surface area contributed by atoms with Gasteiger partial charge in [0.1, 0.15) is 18.2 Å². The van der Waals surface area contributed by atoms with E-state index in [2.05, 4.69) is 33.2 Å². The molecule has 0 saturated carbocycles. The molecule has 112 valence electrons. The Hall–Kier alpha value is -1.26. The van der Waals surface area contributed by atoms with Gasteiger partial charge in [-0.15, -0.1) is 0 Å². The number of nitrogens with one attached hydrogen (secondary N) is 1. The Morgan fingerprint density at radius 1 is 1.29 bits per heavy atom. The number of pyridine rings is 1. The molecule has 0 bridgehead atoms. The summed E-state index contributed by atoms with van der Waals surface area (Å²) in [7, 11) is 0. The number of aromatic nitrogens is 1. The zero-order valence-electron chi connectivity index (χ0n) is 12.1. The largest absolute Gasteiger partial charge is 0.487 e. The number of hydrogen-bond donors (Lipinski definition) is 1. The van der Waals surface area contributed by atoms with E-state index < -0.39 is 0 Å². The third kappa shape index (κ3) is 4.61. The number of aryl methyl sites for hydroxylation is 1. The molecular formula is C16H18BrClN2O. The van der Waals surface area contributed by atoms with Crippen molar-refractivity contribution in [2.45, 2.75) is 26.9 Å². The van der Waals surface area contributed by atoms with Crippen LogP contribution in [0.25, 0.3) is 0 Å². The van der Waals surface area contributed by atoms with Crippen LogP contribution in [0, 0.1) is 6.92 Å². The lowest BCUT2D eigenvalue weighted by Crippen LogP contribution is -2.05. The minimum Gasteiger partial charge on any atom is -0.487 e. The second kappa shape index (κ2) is 7.66. The van der Waals surface area contributed by atoms with E-state index in [-0.39, 0.29) is 0 Å². The fraction of sp³-hybridized carbons (Fsp3) is 0.312. The van der Waals surface area contributed by atoms with Gasteiger partial charge in [-0.2, -0.15) is 0 Å². The molecule has 2 aromatic rings. The zero-order valence-corrected chi connectivity index (χ0v) is 14.5. The topological polar surface area (TPSA) is 34.1 Å². The number of halogens is 2. The molecule has 0 saturated heterocycles. The molecule has 0 aliphatic heterocycles. The highest BCUT2D eigenvalue weighted by Crippen LogP contribution is 2.23. The summed E-state index contributed by atoms with van der Waals surface area (Å²) in [6, 6.07) is 9.60. The highest BCUT2D eigenvalue weighted by atomic mass is 79.9. The van der Waals surface area contributed by atoms with Gasteiger partial charge in [0, 0.05) is 11.0 Å². The lowest BCUT2D eigenvalue weighted by Gasteiger charge is -2.10. The summed E-state index contributed by atoms with van der Waals surface area (Å²) in [4.78, 5) is 4.49. The Labute approximate surface area is 138 Å². The molecular weight excluding hydrogens is 352 g/mol. The normalized spacial score (nSPS) is 10.5. The molecule has 0 amide bonds. The van der Waals surface area contributed by atoms with Crippen LogP contribution in [-0.2, 0) is 6.61 Å². The fourth-order valence-electron chi connectivity index (χ4n) is 1.80. The van der Waals surface area contributed by atoms with Crippen molar-refractivity contribution in [3.05, 3.63) is 51.1 Å². The Morgan fingerprint density at radius 2 is 2.10 bits per heavy atom. The summed E-state index contributed by atoms with van der Waals surface area (Å²) in [6.07, 6.45) is 1.05. The molecule has 1 heterocycles. The molecule has 3 nitrogen and oxygen atoms in total.